The van der Waals surface area contributed by atoms with E-state index < -0.39 is 34.3 Å². The average molecular weight is 600 g/mol. The number of methoxy groups -OCH3 is 2. The molecule has 2 atom stereocenters. The van der Waals surface area contributed by atoms with Crippen molar-refractivity contribution < 1.29 is 31.9 Å². The van der Waals surface area contributed by atoms with E-state index in [1.807, 2.05) is 45.0 Å². The molecule has 0 aromatic heterocycles. The van der Waals surface area contributed by atoms with Crippen molar-refractivity contribution in [1.82, 2.24) is 10.2 Å². The molecule has 0 radical (unpaired) electrons. The van der Waals surface area contributed by atoms with Crippen molar-refractivity contribution in [1.29, 1.82) is 0 Å². The molecule has 0 spiro atoms. The summed E-state index contributed by atoms with van der Waals surface area (Å²) >= 11 is 0. The number of hydrogen-bond donors (Lipinski definition) is 1. The van der Waals surface area contributed by atoms with Crippen LogP contribution < -0.4 is 19.1 Å². The van der Waals surface area contributed by atoms with Gasteiger partial charge in [0.1, 0.15) is 18.4 Å². The maximum atomic E-state index is 14.0. The molecule has 0 bridgehead atoms. The highest BCUT2D eigenvalue weighted by Gasteiger charge is 2.33. The van der Waals surface area contributed by atoms with E-state index in [9.17, 15) is 22.4 Å². The number of nitrogens with zero attached hydrogens (tertiary/aromatic N) is 2. The van der Waals surface area contributed by atoms with Crippen LogP contribution in [0.15, 0.2) is 71.6 Å². The van der Waals surface area contributed by atoms with Crippen molar-refractivity contribution in [3.8, 4) is 11.5 Å². The molecule has 0 unspecified atom stereocenters. The maximum Gasteiger partial charge on any atom is 0.264 e. The molecular formula is C31H38FN3O6S. The third-order valence-electron chi connectivity index (χ3n) is 6.94. The zero-order valence-corrected chi connectivity index (χ0v) is 25.6. The zero-order chi connectivity index (χ0) is 31.0. The van der Waals surface area contributed by atoms with Gasteiger partial charge < -0.3 is 19.7 Å². The minimum atomic E-state index is -4.37. The fourth-order valence-corrected chi connectivity index (χ4v) is 5.73. The van der Waals surface area contributed by atoms with E-state index in [4.69, 9.17) is 9.47 Å². The molecule has 1 N–H and O–H groups in total. The lowest BCUT2D eigenvalue weighted by Crippen LogP contribution is -2.52. The van der Waals surface area contributed by atoms with Gasteiger partial charge in [-0.25, -0.2) is 12.8 Å². The number of halogens is 1. The molecule has 226 valence electrons. The summed E-state index contributed by atoms with van der Waals surface area (Å²) in [5.41, 5.74) is 1.83. The summed E-state index contributed by atoms with van der Waals surface area (Å²) in [5.74, 6) is -1.03. The molecule has 0 aliphatic heterocycles. The molecule has 3 rings (SSSR count). The van der Waals surface area contributed by atoms with E-state index in [-0.39, 0.29) is 34.8 Å². The van der Waals surface area contributed by atoms with Crippen LogP contribution in [0.4, 0.5) is 10.1 Å². The van der Waals surface area contributed by atoms with Crippen molar-refractivity contribution >= 4 is 27.5 Å². The molecule has 0 fully saturated rings. The van der Waals surface area contributed by atoms with Crippen LogP contribution in [0.2, 0.25) is 0 Å². The van der Waals surface area contributed by atoms with Gasteiger partial charge in [-0.05, 0) is 69.2 Å². The summed E-state index contributed by atoms with van der Waals surface area (Å²) in [6.07, 6.45) is 0.701. The highest BCUT2D eigenvalue weighted by Crippen LogP contribution is 2.32. The fourth-order valence-electron chi connectivity index (χ4n) is 4.30. The van der Waals surface area contributed by atoms with Crippen LogP contribution >= 0.6 is 0 Å². The molecule has 11 heteroatoms. The molecule has 0 saturated carbocycles. The van der Waals surface area contributed by atoms with Gasteiger partial charge in [0.25, 0.3) is 10.0 Å². The third-order valence-corrected chi connectivity index (χ3v) is 8.71. The van der Waals surface area contributed by atoms with Gasteiger partial charge in [0, 0.05) is 18.7 Å². The first kappa shape index (κ1) is 32.4. The van der Waals surface area contributed by atoms with Crippen LogP contribution in [0, 0.1) is 12.7 Å². The average Bonchev–Trinajstić information content (AvgIpc) is 2.98. The standard InChI is InChI=1S/C31H38FN3O6S/c1-7-22(3)33-31(37)23(4)34(19-24-10-8-9-21(2)17-24)30(36)20-35(26-13-11-25(32)12-14-26)42(38,39)27-15-16-28(40-5)29(18-27)41-6/h8-18,22-23H,7,19-20H2,1-6H3,(H,33,37)/t22-,23-/m0/s1. The Morgan fingerprint density at radius 1 is 0.952 bits per heavy atom. The quantitative estimate of drug-likeness (QED) is 0.306. The van der Waals surface area contributed by atoms with Crippen molar-refractivity contribution in [3.63, 3.8) is 0 Å². The number of amides is 2. The first-order chi connectivity index (χ1) is 19.9. The largest absolute Gasteiger partial charge is 0.493 e. The predicted octanol–water partition coefficient (Wildman–Crippen LogP) is 4.68. The summed E-state index contributed by atoms with van der Waals surface area (Å²) in [6.45, 7) is 6.75. The Balaban J connectivity index is 2.06. The second-order valence-electron chi connectivity index (χ2n) is 10.0. The van der Waals surface area contributed by atoms with Crippen LogP contribution in [0.25, 0.3) is 0 Å². The molecule has 0 heterocycles. The fraction of sp³-hybridized carbons (Fsp3) is 0.355. The van der Waals surface area contributed by atoms with Gasteiger partial charge in [-0.2, -0.15) is 0 Å². The van der Waals surface area contributed by atoms with Crippen LogP contribution in [0.5, 0.6) is 11.5 Å². The summed E-state index contributed by atoms with van der Waals surface area (Å²) in [7, 11) is -1.57. The lowest BCUT2D eigenvalue weighted by Gasteiger charge is -2.32. The van der Waals surface area contributed by atoms with E-state index in [0.717, 1.165) is 27.6 Å². The molecule has 0 saturated heterocycles. The number of hydrogen-bond acceptors (Lipinski definition) is 6. The van der Waals surface area contributed by atoms with Crippen LogP contribution in [-0.4, -0.2) is 58.0 Å². The Labute approximate surface area is 247 Å². The van der Waals surface area contributed by atoms with Gasteiger partial charge in [0.15, 0.2) is 11.5 Å². The number of benzene rings is 3. The van der Waals surface area contributed by atoms with E-state index >= 15 is 0 Å². The zero-order valence-electron chi connectivity index (χ0n) is 24.8. The SMILES string of the molecule is CC[C@H](C)NC(=O)[C@H](C)N(Cc1cccc(C)c1)C(=O)CN(c1ccc(F)cc1)S(=O)(=O)c1ccc(OC)c(OC)c1. The van der Waals surface area contributed by atoms with Gasteiger partial charge in [-0.1, -0.05) is 36.8 Å². The van der Waals surface area contributed by atoms with Crippen molar-refractivity contribution in [3.05, 3.63) is 83.7 Å². The number of anilines is 1. The van der Waals surface area contributed by atoms with E-state index in [2.05, 4.69) is 5.32 Å². The third kappa shape index (κ3) is 7.79. The van der Waals surface area contributed by atoms with E-state index in [1.165, 1.54) is 49.5 Å². The minimum absolute atomic E-state index is 0.0727. The van der Waals surface area contributed by atoms with Crippen molar-refractivity contribution in [2.45, 2.75) is 57.6 Å². The highest BCUT2D eigenvalue weighted by molar-refractivity contribution is 7.92. The van der Waals surface area contributed by atoms with Gasteiger partial charge in [0.2, 0.25) is 11.8 Å². The summed E-state index contributed by atoms with van der Waals surface area (Å²) in [4.78, 5) is 28.4. The van der Waals surface area contributed by atoms with E-state index in [0.29, 0.717) is 12.2 Å². The highest BCUT2D eigenvalue weighted by atomic mass is 32.2. The molecule has 2 amide bonds. The number of sulfonamides is 1. The van der Waals surface area contributed by atoms with Gasteiger partial charge in [-0.3, -0.25) is 13.9 Å². The summed E-state index contributed by atoms with van der Waals surface area (Å²) in [5, 5.41) is 2.90. The monoisotopic (exact) mass is 599 g/mol. The second kappa shape index (κ2) is 14.2. The minimum Gasteiger partial charge on any atom is -0.493 e. The predicted molar refractivity (Wildman–Crippen MR) is 160 cm³/mol. The van der Waals surface area contributed by atoms with Crippen LogP contribution in [-0.2, 0) is 26.2 Å². The Morgan fingerprint density at radius 2 is 1.62 bits per heavy atom. The molecule has 3 aromatic carbocycles. The lowest BCUT2D eigenvalue weighted by atomic mass is 10.1. The van der Waals surface area contributed by atoms with Crippen molar-refractivity contribution in [2.24, 2.45) is 0 Å². The molecule has 0 aliphatic rings. The van der Waals surface area contributed by atoms with Gasteiger partial charge in [0.05, 0.1) is 24.8 Å². The van der Waals surface area contributed by atoms with Gasteiger partial charge in [-0.15, -0.1) is 0 Å². The molecule has 3 aromatic rings. The number of rotatable bonds is 13. The number of aryl methyl sites for hydroxylation is 1. The number of carbonyl (C=O) groups excluding carboxylic acids is 2. The Bertz CT molecular complexity index is 1500. The Kier molecular flexibility index (Phi) is 10.9. The normalized spacial score (nSPS) is 12.6. The van der Waals surface area contributed by atoms with Gasteiger partial charge >= 0.3 is 0 Å². The Morgan fingerprint density at radius 3 is 2.21 bits per heavy atom. The second-order valence-corrected chi connectivity index (χ2v) is 11.9. The van der Waals surface area contributed by atoms with Crippen molar-refractivity contribution in [2.75, 3.05) is 25.1 Å². The van der Waals surface area contributed by atoms with Crippen LogP contribution in [0.1, 0.15) is 38.3 Å². The summed E-state index contributed by atoms with van der Waals surface area (Å²) < 4.78 is 53.3. The van der Waals surface area contributed by atoms with E-state index in [1.54, 1.807) is 6.92 Å². The number of ether oxygens (including phenoxy) is 2. The number of nitrogens with one attached hydrogen (secondary N) is 1. The topological polar surface area (TPSA) is 105 Å². The molecule has 9 nitrogen and oxygen atoms in total. The lowest BCUT2D eigenvalue weighted by molar-refractivity contribution is -0.139. The first-order valence-electron chi connectivity index (χ1n) is 13.6. The molecule has 0 aliphatic carbocycles. The molecular weight excluding hydrogens is 561 g/mol. The first-order valence-corrected chi connectivity index (χ1v) is 15.0. The smallest absolute Gasteiger partial charge is 0.264 e. The maximum absolute atomic E-state index is 14.0. The summed E-state index contributed by atoms with van der Waals surface area (Å²) in [6, 6.07) is 15.4. The number of carbonyl (C=O) groups is 2. The van der Waals surface area contributed by atoms with Crippen LogP contribution in [0.3, 0.4) is 0 Å². The Hall–Kier alpha value is -4.12. The molecule has 42 heavy (non-hydrogen) atoms.